The third-order valence-electron chi connectivity index (χ3n) is 24.1. The van der Waals surface area contributed by atoms with E-state index in [1.165, 1.54) is 197 Å². The second kappa shape index (κ2) is 25.2. The molecule has 0 atom stereocenters. The summed E-state index contributed by atoms with van der Waals surface area (Å²) in [6, 6.07) is 151. The SMILES string of the molecule is c1ccc(-n2c3ccc(-c4ccc5c(c4)c4ccccc4n5-c4ccc5ccccc5c4)cc3c3cc4c(cc32)c2ccccc2n4-c2ccc3ccccc3c2)cc1.c1ccc(-n2c3ccccc3c3cc4c5cc(-c6ccc7c(c6)c6ccccc6n7-c6ccc7ccccc7c6)ccc5n(-c5ccccc5)c4cc32)cc1. The molecule has 0 radical (unpaired) electrons. The van der Waals surface area contributed by atoms with E-state index in [1.807, 2.05) is 0 Å². The molecule has 0 aliphatic heterocycles. The van der Waals surface area contributed by atoms with Crippen molar-refractivity contribution in [1.29, 1.82) is 0 Å². The van der Waals surface area contributed by atoms with Crippen LogP contribution >= 0.6 is 0 Å². The Morgan fingerprint density at radius 1 is 0.105 bits per heavy atom. The van der Waals surface area contributed by atoms with Gasteiger partial charge in [-0.2, -0.15) is 0 Å². The molecule has 0 N–H and O–H groups in total. The van der Waals surface area contributed by atoms with Gasteiger partial charge in [0.15, 0.2) is 0 Å². The number of aromatic nitrogens is 6. The molecule has 25 aromatic rings. The normalized spacial score (nSPS) is 12.0. The van der Waals surface area contributed by atoms with Gasteiger partial charge in [-0.1, -0.05) is 243 Å². The van der Waals surface area contributed by atoms with Gasteiger partial charge in [-0.05, 0) is 224 Å². The van der Waals surface area contributed by atoms with Crippen molar-refractivity contribution in [3.63, 3.8) is 0 Å². The maximum absolute atomic E-state index is 2.45. The first-order valence-electron chi connectivity index (χ1n) is 39.3. The third kappa shape index (κ3) is 9.81. The van der Waals surface area contributed by atoms with Crippen LogP contribution in [-0.4, -0.2) is 27.4 Å². The van der Waals surface area contributed by atoms with Crippen LogP contribution in [0, 0.1) is 0 Å². The van der Waals surface area contributed by atoms with Gasteiger partial charge in [-0.15, -0.1) is 0 Å². The van der Waals surface area contributed by atoms with Crippen molar-refractivity contribution in [1.82, 2.24) is 27.4 Å². The minimum atomic E-state index is 1.15. The number of fused-ring (bicyclic) bond motifs is 21. The first-order chi connectivity index (χ1) is 56.5. The maximum Gasteiger partial charge on any atom is 0.0562 e. The predicted octanol–water partition coefficient (Wildman–Crippen LogP) is 28.7. The van der Waals surface area contributed by atoms with E-state index in [9.17, 15) is 0 Å². The van der Waals surface area contributed by atoms with Crippen LogP contribution in [0.2, 0.25) is 0 Å². The predicted molar refractivity (Wildman–Crippen MR) is 482 cm³/mol. The summed E-state index contributed by atoms with van der Waals surface area (Å²) in [6.07, 6.45) is 0. The number of para-hydroxylation sites is 7. The van der Waals surface area contributed by atoms with Gasteiger partial charge < -0.3 is 27.4 Å². The van der Waals surface area contributed by atoms with Crippen molar-refractivity contribution < 1.29 is 0 Å². The van der Waals surface area contributed by atoms with E-state index < -0.39 is 0 Å². The Labute approximate surface area is 655 Å². The molecule has 6 nitrogen and oxygen atoms in total. The van der Waals surface area contributed by atoms with Crippen LogP contribution in [0.3, 0.4) is 0 Å². The Morgan fingerprint density at radius 2 is 0.325 bits per heavy atom. The Bertz CT molecular complexity index is 8290. The highest BCUT2D eigenvalue weighted by Crippen LogP contribution is 2.46. The summed E-state index contributed by atoms with van der Waals surface area (Å²) in [5, 5.41) is 22.4. The van der Waals surface area contributed by atoms with Crippen LogP contribution in [0.15, 0.2) is 413 Å². The summed E-state index contributed by atoms with van der Waals surface area (Å²) in [5.74, 6) is 0. The highest BCUT2D eigenvalue weighted by molar-refractivity contribution is 6.22. The molecule has 0 spiro atoms. The van der Waals surface area contributed by atoms with Crippen LogP contribution in [0.4, 0.5) is 0 Å². The fourth-order valence-corrected chi connectivity index (χ4v) is 19.0. The first kappa shape index (κ1) is 63.7. The molecule has 0 unspecified atom stereocenters. The van der Waals surface area contributed by atoms with Crippen LogP contribution in [-0.2, 0) is 0 Å². The smallest absolute Gasteiger partial charge is 0.0562 e. The van der Waals surface area contributed by atoms with E-state index in [4.69, 9.17) is 0 Å². The van der Waals surface area contributed by atoms with Crippen molar-refractivity contribution in [3.05, 3.63) is 413 Å². The van der Waals surface area contributed by atoms with E-state index in [-0.39, 0.29) is 0 Å². The average Bonchev–Trinajstić information content (AvgIpc) is 1.56. The minimum absolute atomic E-state index is 1.15. The zero-order chi connectivity index (χ0) is 74.6. The molecule has 530 valence electrons. The lowest BCUT2D eigenvalue weighted by atomic mass is 10.00. The quantitative estimate of drug-likeness (QED) is 0.145. The van der Waals surface area contributed by atoms with Crippen molar-refractivity contribution >= 4 is 163 Å². The molecule has 0 aliphatic rings. The van der Waals surface area contributed by atoms with Crippen molar-refractivity contribution in [3.8, 4) is 56.4 Å². The zero-order valence-corrected chi connectivity index (χ0v) is 61.9. The lowest BCUT2D eigenvalue weighted by molar-refractivity contribution is 1.16. The fraction of sp³-hybridized carbons (Fsp3) is 0. The number of rotatable bonds is 8. The molecule has 0 aliphatic carbocycles. The molecule has 0 saturated heterocycles. The van der Waals surface area contributed by atoms with Crippen LogP contribution < -0.4 is 0 Å². The molecule has 6 heteroatoms. The topological polar surface area (TPSA) is 29.6 Å². The summed E-state index contributed by atoms with van der Waals surface area (Å²) in [5.41, 5.74) is 26.2. The first-order valence-corrected chi connectivity index (χ1v) is 39.3. The van der Waals surface area contributed by atoms with Gasteiger partial charge in [0.2, 0.25) is 0 Å². The van der Waals surface area contributed by atoms with Gasteiger partial charge in [0.25, 0.3) is 0 Å². The number of nitrogens with zero attached hydrogens (tertiary/aromatic N) is 6. The molecule has 0 amide bonds. The minimum Gasteiger partial charge on any atom is -0.309 e. The molecule has 19 aromatic carbocycles. The summed E-state index contributed by atoms with van der Waals surface area (Å²) in [4.78, 5) is 0. The molecule has 0 bridgehead atoms. The van der Waals surface area contributed by atoms with E-state index in [2.05, 4.69) is 440 Å². The molecule has 0 saturated carbocycles. The third-order valence-corrected chi connectivity index (χ3v) is 24.1. The number of benzene rings is 19. The Kier molecular flexibility index (Phi) is 14.0. The highest BCUT2D eigenvalue weighted by Gasteiger charge is 2.24. The van der Waals surface area contributed by atoms with E-state index in [1.54, 1.807) is 0 Å². The van der Waals surface area contributed by atoms with Crippen LogP contribution in [0.5, 0.6) is 0 Å². The summed E-state index contributed by atoms with van der Waals surface area (Å²) < 4.78 is 14.6. The van der Waals surface area contributed by atoms with Crippen molar-refractivity contribution in [2.45, 2.75) is 0 Å². The summed E-state index contributed by atoms with van der Waals surface area (Å²) in [6.45, 7) is 0. The Hall–Kier alpha value is -15.2. The maximum atomic E-state index is 2.45. The Balaban J connectivity index is 0.000000132. The number of hydrogen-bond acceptors (Lipinski definition) is 0. The summed E-state index contributed by atoms with van der Waals surface area (Å²) in [7, 11) is 0. The van der Waals surface area contributed by atoms with E-state index >= 15 is 0 Å². The second-order valence-electron chi connectivity index (χ2n) is 30.4. The van der Waals surface area contributed by atoms with E-state index in [0.29, 0.717) is 0 Å². The average molecular weight is 1450 g/mol. The molecular weight excluding hydrogens is 1380 g/mol. The lowest BCUT2D eigenvalue weighted by Gasteiger charge is -2.10. The molecule has 0 fully saturated rings. The fourth-order valence-electron chi connectivity index (χ4n) is 19.0. The zero-order valence-electron chi connectivity index (χ0n) is 61.9. The van der Waals surface area contributed by atoms with Crippen molar-refractivity contribution in [2.24, 2.45) is 0 Å². The van der Waals surface area contributed by atoms with Gasteiger partial charge in [0, 0.05) is 98.8 Å². The Morgan fingerprint density at radius 3 is 0.658 bits per heavy atom. The van der Waals surface area contributed by atoms with Crippen molar-refractivity contribution in [2.75, 3.05) is 0 Å². The van der Waals surface area contributed by atoms with Gasteiger partial charge >= 0.3 is 0 Å². The summed E-state index contributed by atoms with van der Waals surface area (Å²) >= 11 is 0. The van der Waals surface area contributed by atoms with E-state index in [0.717, 1.165) is 22.7 Å². The number of hydrogen-bond donors (Lipinski definition) is 0. The molecule has 6 heterocycles. The standard InChI is InChI=1S/C56H35N3.C52H33N3/c1-2-16-42(17-3-1)57-54-29-25-41(40-24-28-53-47(32-40)45-18-8-10-20-51(45)58(53)43-26-22-36-12-4-6-14-38(36)30-43)33-48(54)50-35-55-49(34-56(50)57)46-19-9-11-21-52(46)59(55)44-27-23-37-13-5-7-15-39(37)31-44;1-3-15-38(16-4-1)53-47-21-11-10-20-42(47)45-32-46-44-31-37(25-28-50(44)54(52(46)33-51(45)53)39-17-5-2-6-18-39)36-24-27-49-43(30-36)41-19-9-12-22-48(41)55(49)40-26-23-34-13-7-8-14-35(34)29-40/h1-35H;1-33H. The largest absolute Gasteiger partial charge is 0.309 e. The molecular formula is C108H68N6. The highest BCUT2D eigenvalue weighted by atomic mass is 15.0. The van der Waals surface area contributed by atoms with Gasteiger partial charge in [0.1, 0.15) is 0 Å². The van der Waals surface area contributed by atoms with Gasteiger partial charge in [0.05, 0.1) is 66.2 Å². The lowest BCUT2D eigenvalue weighted by Crippen LogP contribution is -1.95. The molecule has 25 rings (SSSR count). The molecule has 6 aromatic heterocycles. The molecule has 114 heavy (non-hydrogen) atoms. The second-order valence-corrected chi connectivity index (χ2v) is 30.4. The van der Waals surface area contributed by atoms with Crippen LogP contribution in [0.25, 0.3) is 220 Å². The monoisotopic (exact) mass is 1450 g/mol. The van der Waals surface area contributed by atoms with Gasteiger partial charge in [-0.25, -0.2) is 0 Å². The van der Waals surface area contributed by atoms with Gasteiger partial charge in [-0.3, -0.25) is 0 Å². The van der Waals surface area contributed by atoms with Crippen LogP contribution in [0.1, 0.15) is 0 Å².